The molecule has 0 aliphatic rings. The summed E-state index contributed by atoms with van der Waals surface area (Å²) in [6, 6.07) is 10.4. The van der Waals surface area contributed by atoms with Gasteiger partial charge in [0.05, 0.1) is 4.90 Å². The molecule has 0 fully saturated rings. The summed E-state index contributed by atoms with van der Waals surface area (Å²) < 4.78 is 29.0. The molecule has 0 radical (unpaired) electrons. The van der Waals surface area contributed by atoms with Crippen molar-refractivity contribution in [3.05, 3.63) is 47.8 Å². The second kappa shape index (κ2) is 8.01. The maximum atomic E-state index is 12.4. The minimum atomic E-state index is -3.55. The van der Waals surface area contributed by atoms with E-state index in [0.29, 0.717) is 23.8 Å². The van der Waals surface area contributed by atoms with Gasteiger partial charge in [0.15, 0.2) is 11.5 Å². The average molecular weight is 388 g/mol. The summed E-state index contributed by atoms with van der Waals surface area (Å²) >= 11 is 0. The molecular formula is C18H24N6O2S. The highest BCUT2D eigenvalue weighted by Gasteiger charge is 2.14. The van der Waals surface area contributed by atoms with Gasteiger partial charge in [0.25, 0.3) is 0 Å². The Kier molecular flexibility index (Phi) is 5.71. The predicted molar refractivity (Wildman–Crippen MR) is 104 cm³/mol. The number of fused-ring (bicyclic) bond motifs is 1. The Morgan fingerprint density at radius 2 is 1.81 bits per heavy atom. The lowest BCUT2D eigenvalue weighted by Gasteiger charge is -2.09. The largest absolute Gasteiger partial charge is 0.368 e. The number of benzene rings is 1. The molecule has 2 heterocycles. The van der Waals surface area contributed by atoms with E-state index in [-0.39, 0.29) is 11.4 Å². The number of aryl methyl sites for hydroxylation is 1. The molecule has 0 aliphatic carbocycles. The quantitative estimate of drug-likeness (QED) is 0.612. The van der Waals surface area contributed by atoms with Gasteiger partial charge in [-0.25, -0.2) is 13.1 Å². The van der Waals surface area contributed by atoms with E-state index < -0.39 is 10.0 Å². The Labute approximate surface area is 159 Å². The highest BCUT2D eigenvalue weighted by Crippen LogP contribution is 2.11. The minimum absolute atomic E-state index is 0.211. The number of aromatic nitrogens is 4. The van der Waals surface area contributed by atoms with Crippen molar-refractivity contribution in [2.75, 3.05) is 18.4 Å². The zero-order chi connectivity index (χ0) is 19.4. The smallest absolute Gasteiger partial charge is 0.240 e. The van der Waals surface area contributed by atoms with Crippen molar-refractivity contribution in [3.63, 3.8) is 0 Å². The summed E-state index contributed by atoms with van der Waals surface area (Å²) in [6.45, 7) is 7.18. The number of nitrogens with zero attached hydrogens (tertiary/aromatic N) is 4. The van der Waals surface area contributed by atoms with Crippen molar-refractivity contribution in [2.24, 2.45) is 5.92 Å². The molecule has 2 aromatic heterocycles. The maximum absolute atomic E-state index is 12.4. The zero-order valence-electron chi connectivity index (χ0n) is 15.7. The molecule has 3 rings (SSSR count). The monoisotopic (exact) mass is 388 g/mol. The molecule has 8 nitrogen and oxygen atoms in total. The van der Waals surface area contributed by atoms with Gasteiger partial charge in [-0.15, -0.1) is 15.3 Å². The molecule has 0 saturated heterocycles. The molecule has 3 aromatic rings. The SMILES string of the molecule is Cc1ccc(S(=O)(=O)NCCc2nnc3ccc(NCC(C)C)nn23)cc1. The van der Waals surface area contributed by atoms with Crippen LogP contribution in [0.4, 0.5) is 5.82 Å². The number of hydrogen-bond acceptors (Lipinski definition) is 6. The summed E-state index contributed by atoms with van der Waals surface area (Å²) in [7, 11) is -3.55. The second-order valence-corrected chi connectivity index (χ2v) is 8.61. The van der Waals surface area contributed by atoms with Crippen LogP contribution in [-0.4, -0.2) is 41.3 Å². The molecule has 2 N–H and O–H groups in total. The zero-order valence-corrected chi connectivity index (χ0v) is 16.5. The fourth-order valence-electron chi connectivity index (χ4n) is 2.49. The lowest BCUT2D eigenvalue weighted by atomic mass is 10.2. The fraction of sp³-hybridized carbons (Fsp3) is 0.389. The van der Waals surface area contributed by atoms with Gasteiger partial charge in [0, 0.05) is 19.5 Å². The molecule has 144 valence electrons. The summed E-state index contributed by atoms with van der Waals surface area (Å²) in [6.07, 6.45) is 0.382. The molecule has 0 saturated carbocycles. The molecule has 0 atom stereocenters. The third-order valence-electron chi connectivity index (χ3n) is 3.99. The van der Waals surface area contributed by atoms with Crippen molar-refractivity contribution in [1.29, 1.82) is 0 Å². The fourth-order valence-corrected chi connectivity index (χ4v) is 3.52. The Morgan fingerprint density at radius 1 is 1.07 bits per heavy atom. The van der Waals surface area contributed by atoms with Gasteiger partial charge >= 0.3 is 0 Å². The van der Waals surface area contributed by atoms with Crippen LogP contribution in [0, 0.1) is 12.8 Å². The van der Waals surface area contributed by atoms with Crippen LogP contribution < -0.4 is 10.0 Å². The van der Waals surface area contributed by atoms with E-state index in [1.807, 2.05) is 19.1 Å². The lowest BCUT2D eigenvalue weighted by molar-refractivity contribution is 0.580. The van der Waals surface area contributed by atoms with Gasteiger partial charge < -0.3 is 5.32 Å². The Hall–Kier alpha value is -2.52. The Balaban J connectivity index is 1.67. The Morgan fingerprint density at radius 3 is 2.52 bits per heavy atom. The summed E-state index contributed by atoms with van der Waals surface area (Å²) in [5, 5.41) is 16.0. The first kappa shape index (κ1) is 19.2. The van der Waals surface area contributed by atoms with Gasteiger partial charge in [0.2, 0.25) is 10.0 Å². The first-order valence-corrected chi connectivity index (χ1v) is 10.3. The highest BCUT2D eigenvalue weighted by atomic mass is 32.2. The van der Waals surface area contributed by atoms with E-state index in [4.69, 9.17) is 0 Å². The summed E-state index contributed by atoms with van der Waals surface area (Å²) in [5.74, 6) is 1.83. The van der Waals surface area contributed by atoms with Crippen LogP contribution in [0.3, 0.4) is 0 Å². The first-order chi connectivity index (χ1) is 12.8. The molecule has 27 heavy (non-hydrogen) atoms. The molecule has 0 unspecified atom stereocenters. The van der Waals surface area contributed by atoms with Crippen molar-refractivity contribution < 1.29 is 8.42 Å². The van der Waals surface area contributed by atoms with Gasteiger partial charge in [-0.2, -0.15) is 4.52 Å². The summed E-state index contributed by atoms with van der Waals surface area (Å²) in [4.78, 5) is 0.248. The van der Waals surface area contributed by atoms with Crippen LogP contribution >= 0.6 is 0 Å². The third-order valence-corrected chi connectivity index (χ3v) is 5.47. The van der Waals surface area contributed by atoms with E-state index >= 15 is 0 Å². The van der Waals surface area contributed by atoms with Crippen molar-refractivity contribution in [2.45, 2.75) is 32.1 Å². The molecule has 9 heteroatoms. The van der Waals surface area contributed by atoms with E-state index in [1.165, 1.54) is 0 Å². The van der Waals surface area contributed by atoms with Crippen LogP contribution in [0.1, 0.15) is 25.2 Å². The predicted octanol–water partition coefficient (Wildman–Crippen LogP) is 2.02. The third kappa shape index (κ3) is 4.81. The van der Waals surface area contributed by atoms with E-state index in [9.17, 15) is 8.42 Å². The Bertz CT molecular complexity index is 1010. The molecule has 0 bridgehead atoms. The van der Waals surface area contributed by atoms with Gasteiger partial charge in [-0.05, 0) is 37.1 Å². The van der Waals surface area contributed by atoms with E-state index in [0.717, 1.165) is 17.9 Å². The van der Waals surface area contributed by atoms with Crippen molar-refractivity contribution in [1.82, 2.24) is 24.5 Å². The van der Waals surface area contributed by atoms with Crippen LogP contribution in [0.2, 0.25) is 0 Å². The highest BCUT2D eigenvalue weighted by molar-refractivity contribution is 7.89. The van der Waals surface area contributed by atoms with Crippen LogP contribution in [0.5, 0.6) is 0 Å². The molecule has 0 amide bonds. The van der Waals surface area contributed by atoms with Gasteiger partial charge in [-0.3, -0.25) is 0 Å². The maximum Gasteiger partial charge on any atom is 0.240 e. The van der Waals surface area contributed by atoms with Crippen LogP contribution in [0.25, 0.3) is 5.65 Å². The molecule has 0 aliphatic heterocycles. The number of anilines is 1. The van der Waals surface area contributed by atoms with E-state index in [2.05, 4.69) is 39.2 Å². The number of nitrogens with one attached hydrogen (secondary N) is 2. The molecular weight excluding hydrogens is 364 g/mol. The topological polar surface area (TPSA) is 101 Å². The lowest BCUT2D eigenvalue weighted by Crippen LogP contribution is -2.26. The molecule has 1 aromatic carbocycles. The van der Waals surface area contributed by atoms with Crippen LogP contribution in [-0.2, 0) is 16.4 Å². The van der Waals surface area contributed by atoms with Crippen LogP contribution in [0.15, 0.2) is 41.3 Å². The van der Waals surface area contributed by atoms with Gasteiger partial charge in [0.1, 0.15) is 5.82 Å². The minimum Gasteiger partial charge on any atom is -0.368 e. The van der Waals surface area contributed by atoms with Crippen molar-refractivity contribution >= 4 is 21.5 Å². The van der Waals surface area contributed by atoms with Gasteiger partial charge in [-0.1, -0.05) is 31.5 Å². The van der Waals surface area contributed by atoms with E-state index in [1.54, 1.807) is 28.8 Å². The standard InChI is InChI=1S/C18H24N6O2S/c1-13(2)12-19-16-8-9-17-21-22-18(24(17)23-16)10-11-20-27(25,26)15-6-4-14(3)5-7-15/h4-9,13,20H,10-12H2,1-3H3,(H,19,23). The second-order valence-electron chi connectivity index (χ2n) is 6.84. The number of hydrogen-bond donors (Lipinski definition) is 2. The number of sulfonamides is 1. The summed E-state index contributed by atoms with van der Waals surface area (Å²) in [5.41, 5.74) is 1.64. The van der Waals surface area contributed by atoms with Crippen molar-refractivity contribution in [3.8, 4) is 0 Å². The first-order valence-electron chi connectivity index (χ1n) is 8.87. The normalized spacial score (nSPS) is 12.0. The number of rotatable bonds is 8. The average Bonchev–Trinajstić information content (AvgIpc) is 3.02. The molecule has 0 spiro atoms.